The van der Waals surface area contributed by atoms with Crippen LogP contribution in [0.2, 0.25) is 0 Å². The molecule has 1 atom stereocenters. The topological polar surface area (TPSA) is 103 Å². The number of aromatic nitrogens is 1. The van der Waals surface area contributed by atoms with Gasteiger partial charge in [0.15, 0.2) is 0 Å². The zero-order valence-corrected chi connectivity index (χ0v) is 15.4. The molecule has 0 aliphatic heterocycles. The summed E-state index contributed by atoms with van der Waals surface area (Å²) in [7, 11) is -0.603. The van der Waals surface area contributed by atoms with Gasteiger partial charge in [0.05, 0.1) is 16.8 Å². The number of carbonyl (C=O) groups is 1. The van der Waals surface area contributed by atoms with Crippen LogP contribution in [0.15, 0.2) is 28.3 Å². The SMILES string of the molecule is CN(C)S(=O)(=O)c1ccc(SCC(=O)N[C@@](C)(C#N)C2CC2)nc1. The zero-order valence-electron chi connectivity index (χ0n) is 13.8. The Kier molecular flexibility index (Phi) is 5.52. The maximum Gasteiger partial charge on any atom is 0.244 e. The number of pyridine rings is 1. The summed E-state index contributed by atoms with van der Waals surface area (Å²) in [5.41, 5.74) is -0.811. The van der Waals surface area contributed by atoms with Crippen LogP contribution in [0.4, 0.5) is 0 Å². The van der Waals surface area contributed by atoms with Crippen LogP contribution in [0.3, 0.4) is 0 Å². The predicted molar refractivity (Wildman–Crippen MR) is 90.7 cm³/mol. The molecule has 0 radical (unpaired) electrons. The molecule has 1 N–H and O–H groups in total. The Balaban J connectivity index is 1.93. The van der Waals surface area contributed by atoms with Crippen LogP contribution in [0.1, 0.15) is 19.8 Å². The fraction of sp³-hybridized carbons (Fsp3) is 0.533. The number of hydrogen-bond acceptors (Lipinski definition) is 6. The second-order valence-electron chi connectivity index (χ2n) is 6.04. The summed E-state index contributed by atoms with van der Waals surface area (Å²) in [4.78, 5) is 16.2. The summed E-state index contributed by atoms with van der Waals surface area (Å²) in [6.45, 7) is 1.74. The second kappa shape index (κ2) is 7.09. The number of nitrogens with zero attached hydrogens (tertiary/aromatic N) is 3. The Morgan fingerprint density at radius 1 is 1.50 bits per heavy atom. The average Bonchev–Trinajstić information content (AvgIpc) is 3.38. The van der Waals surface area contributed by atoms with Crippen LogP contribution in [-0.4, -0.2) is 49.0 Å². The van der Waals surface area contributed by atoms with Crippen LogP contribution < -0.4 is 5.32 Å². The van der Waals surface area contributed by atoms with E-state index in [0.717, 1.165) is 17.1 Å². The molecule has 0 unspecified atom stereocenters. The Hall–Kier alpha value is -1.63. The highest BCUT2D eigenvalue weighted by Gasteiger charge is 2.42. The van der Waals surface area contributed by atoms with Crippen molar-refractivity contribution in [1.29, 1.82) is 5.26 Å². The lowest BCUT2D eigenvalue weighted by Crippen LogP contribution is -2.47. The molecule has 0 spiro atoms. The molecule has 1 heterocycles. The third-order valence-corrected chi connectivity index (χ3v) is 6.61. The van der Waals surface area contributed by atoms with E-state index in [2.05, 4.69) is 16.4 Å². The number of nitriles is 1. The Bertz CT molecular complexity index is 752. The van der Waals surface area contributed by atoms with Crippen molar-refractivity contribution < 1.29 is 13.2 Å². The lowest BCUT2D eigenvalue weighted by Gasteiger charge is -2.22. The quantitative estimate of drug-likeness (QED) is 0.726. The van der Waals surface area contributed by atoms with E-state index < -0.39 is 15.6 Å². The van der Waals surface area contributed by atoms with Gasteiger partial charge in [-0.2, -0.15) is 5.26 Å². The molecule has 1 aromatic heterocycles. The summed E-state index contributed by atoms with van der Waals surface area (Å²) in [5.74, 6) is 0.115. The van der Waals surface area contributed by atoms with Gasteiger partial charge in [-0.15, -0.1) is 0 Å². The maximum absolute atomic E-state index is 12.0. The molecule has 7 nitrogen and oxygen atoms in total. The normalized spacial score (nSPS) is 17.1. The van der Waals surface area contributed by atoms with E-state index >= 15 is 0 Å². The molecule has 1 saturated carbocycles. The van der Waals surface area contributed by atoms with Gasteiger partial charge < -0.3 is 5.32 Å². The number of sulfonamides is 1. The van der Waals surface area contributed by atoms with Gasteiger partial charge in [-0.1, -0.05) is 11.8 Å². The van der Waals surface area contributed by atoms with Crippen molar-refractivity contribution in [2.45, 2.75) is 35.2 Å². The molecule has 1 fully saturated rings. The van der Waals surface area contributed by atoms with Crippen LogP contribution in [-0.2, 0) is 14.8 Å². The molecule has 1 aromatic rings. The molecule has 130 valence electrons. The molecule has 24 heavy (non-hydrogen) atoms. The first-order chi connectivity index (χ1) is 11.2. The summed E-state index contributed by atoms with van der Waals surface area (Å²) in [6, 6.07) is 5.21. The lowest BCUT2D eigenvalue weighted by molar-refractivity contribution is -0.119. The van der Waals surface area contributed by atoms with Crippen molar-refractivity contribution in [3.05, 3.63) is 18.3 Å². The fourth-order valence-corrected chi connectivity index (χ4v) is 3.65. The molecule has 2 rings (SSSR count). The van der Waals surface area contributed by atoms with Gasteiger partial charge in [-0.05, 0) is 37.8 Å². The molecule has 0 aromatic carbocycles. The van der Waals surface area contributed by atoms with E-state index in [1.54, 1.807) is 13.0 Å². The van der Waals surface area contributed by atoms with E-state index in [0.29, 0.717) is 5.03 Å². The van der Waals surface area contributed by atoms with E-state index in [-0.39, 0.29) is 22.5 Å². The summed E-state index contributed by atoms with van der Waals surface area (Å²) in [5, 5.41) is 12.6. The number of hydrogen-bond donors (Lipinski definition) is 1. The zero-order chi connectivity index (χ0) is 18.0. The van der Waals surface area contributed by atoms with Gasteiger partial charge >= 0.3 is 0 Å². The van der Waals surface area contributed by atoms with Crippen molar-refractivity contribution in [1.82, 2.24) is 14.6 Å². The lowest BCUT2D eigenvalue weighted by atomic mass is 9.98. The van der Waals surface area contributed by atoms with E-state index in [1.807, 2.05) is 0 Å². The molecule has 0 saturated heterocycles. The van der Waals surface area contributed by atoms with E-state index in [1.165, 1.54) is 38.1 Å². The fourth-order valence-electron chi connectivity index (χ4n) is 2.16. The molecular weight excluding hydrogens is 348 g/mol. The highest BCUT2D eigenvalue weighted by Crippen LogP contribution is 2.39. The second-order valence-corrected chi connectivity index (χ2v) is 9.19. The Morgan fingerprint density at radius 2 is 2.17 bits per heavy atom. The van der Waals surface area contributed by atoms with Crippen molar-refractivity contribution in [3.8, 4) is 6.07 Å². The number of rotatable bonds is 7. The molecule has 9 heteroatoms. The molecule has 1 aliphatic rings. The van der Waals surface area contributed by atoms with Crippen LogP contribution >= 0.6 is 11.8 Å². The van der Waals surface area contributed by atoms with Gasteiger partial charge in [0, 0.05) is 20.3 Å². The van der Waals surface area contributed by atoms with Crippen LogP contribution in [0.5, 0.6) is 0 Å². The first kappa shape index (κ1) is 18.7. The number of amides is 1. The predicted octanol–water partition coefficient (Wildman–Crippen LogP) is 1.23. The van der Waals surface area contributed by atoms with E-state index in [9.17, 15) is 18.5 Å². The minimum atomic E-state index is -3.51. The van der Waals surface area contributed by atoms with E-state index in [4.69, 9.17) is 0 Å². The van der Waals surface area contributed by atoms with Gasteiger partial charge in [0.25, 0.3) is 0 Å². The van der Waals surface area contributed by atoms with Crippen molar-refractivity contribution >= 4 is 27.7 Å². The monoisotopic (exact) mass is 368 g/mol. The third-order valence-electron chi connectivity index (χ3n) is 3.86. The standard InChI is InChI=1S/C15H20N4O3S2/c1-15(10-16,11-4-5-11)18-13(20)9-23-14-7-6-12(8-17-14)24(21,22)19(2)3/h6-8,11H,4-5,9H2,1-3H3,(H,18,20)/t15-/m0/s1. The van der Waals surface area contributed by atoms with Crippen LogP contribution in [0.25, 0.3) is 0 Å². The highest BCUT2D eigenvalue weighted by molar-refractivity contribution is 7.99. The third kappa shape index (κ3) is 4.26. The minimum Gasteiger partial charge on any atom is -0.337 e. The molecular formula is C15H20N4O3S2. The van der Waals surface area contributed by atoms with Gasteiger partial charge in [-0.25, -0.2) is 17.7 Å². The molecule has 1 aliphatic carbocycles. The first-order valence-electron chi connectivity index (χ1n) is 7.42. The van der Waals surface area contributed by atoms with Gasteiger partial charge in [0.2, 0.25) is 15.9 Å². The van der Waals surface area contributed by atoms with Crippen LogP contribution in [0, 0.1) is 17.2 Å². The largest absolute Gasteiger partial charge is 0.337 e. The van der Waals surface area contributed by atoms with Crippen molar-refractivity contribution in [3.63, 3.8) is 0 Å². The molecule has 0 bridgehead atoms. The average molecular weight is 368 g/mol. The number of nitrogens with one attached hydrogen (secondary N) is 1. The maximum atomic E-state index is 12.0. The first-order valence-corrected chi connectivity index (χ1v) is 9.85. The Morgan fingerprint density at radius 3 is 2.62 bits per heavy atom. The number of carbonyl (C=O) groups excluding carboxylic acids is 1. The Labute approximate surface area is 146 Å². The highest BCUT2D eigenvalue weighted by atomic mass is 32.2. The summed E-state index contributed by atoms with van der Waals surface area (Å²) >= 11 is 1.20. The minimum absolute atomic E-state index is 0.104. The van der Waals surface area contributed by atoms with Gasteiger partial charge in [0.1, 0.15) is 10.4 Å². The number of thioether (sulfide) groups is 1. The smallest absolute Gasteiger partial charge is 0.244 e. The van der Waals surface area contributed by atoms with Gasteiger partial charge in [-0.3, -0.25) is 4.79 Å². The van der Waals surface area contributed by atoms with Crippen molar-refractivity contribution in [2.75, 3.05) is 19.8 Å². The van der Waals surface area contributed by atoms with Crippen molar-refractivity contribution in [2.24, 2.45) is 5.92 Å². The summed E-state index contributed by atoms with van der Waals surface area (Å²) < 4.78 is 25.0. The summed E-state index contributed by atoms with van der Waals surface area (Å²) in [6.07, 6.45) is 3.20. The molecule has 1 amide bonds.